The van der Waals surface area contributed by atoms with Crippen molar-refractivity contribution in [3.8, 4) is 0 Å². The number of hydrogen-bond donors (Lipinski definition) is 0. The molecule has 1 aromatic heterocycles. The third-order valence-corrected chi connectivity index (χ3v) is 4.01. The van der Waals surface area contributed by atoms with Crippen molar-refractivity contribution < 1.29 is 19.2 Å². The Kier molecular flexibility index (Phi) is 4.94. The van der Waals surface area contributed by atoms with Gasteiger partial charge in [0.1, 0.15) is 5.69 Å². The molecule has 7 heteroatoms. The third-order valence-electron chi connectivity index (χ3n) is 4.01. The maximum Gasteiger partial charge on any atom is 0.338 e. The molecule has 3 rings (SSSR count). The summed E-state index contributed by atoms with van der Waals surface area (Å²) < 4.78 is 5.10. The minimum absolute atomic E-state index is 0.0231. The Morgan fingerprint density at radius 2 is 1.93 bits per heavy atom. The van der Waals surface area contributed by atoms with E-state index < -0.39 is 16.7 Å². The molecule has 0 aliphatic carbocycles. The van der Waals surface area contributed by atoms with Crippen LogP contribution in [-0.4, -0.2) is 28.3 Å². The van der Waals surface area contributed by atoms with Crippen LogP contribution >= 0.6 is 0 Å². The van der Waals surface area contributed by atoms with Gasteiger partial charge in [0, 0.05) is 23.1 Å². The maximum atomic E-state index is 12.8. The number of esters is 1. The first-order valence-electron chi connectivity index (χ1n) is 8.28. The lowest BCUT2D eigenvalue weighted by atomic mass is 10.0. The zero-order valence-electron chi connectivity index (χ0n) is 14.8. The monoisotopic (exact) mass is 364 g/mol. The predicted molar refractivity (Wildman–Crippen MR) is 99.0 cm³/mol. The molecular formula is C20H16N2O5. The number of pyridine rings is 1. The van der Waals surface area contributed by atoms with E-state index in [1.54, 1.807) is 19.1 Å². The highest BCUT2D eigenvalue weighted by Gasteiger charge is 2.20. The molecule has 0 amide bonds. The number of hydrogen-bond acceptors (Lipinski definition) is 6. The van der Waals surface area contributed by atoms with Crippen molar-refractivity contribution in [1.29, 1.82) is 0 Å². The molecule has 27 heavy (non-hydrogen) atoms. The molecule has 136 valence electrons. The van der Waals surface area contributed by atoms with E-state index >= 15 is 0 Å². The molecular weight excluding hydrogens is 348 g/mol. The fraction of sp³-hybridized carbons (Fsp3) is 0.150. The van der Waals surface area contributed by atoms with E-state index in [0.717, 1.165) is 5.56 Å². The number of aryl methyl sites for hydroxylation is 1. The van der Waals surface area contributed by atoms with Crippen LogP contribution in [0, 0.1) is 17.0 Å². The smallest absolute Gasteiger partial charge is 0.338 e. The number of nitro benzene ring substituents is 1. The lowest BCUT2D eigenvalue weighted by molar-refractivity contribution is -0.384. The van der Waals surface area contributed by atoms with Gasteiger partial charge in [0.05, 0.1) is 22.6 Å². The molecule has 2 aromatic carbocycles. The lowest BCUT2D eigenvalue weighted by Gasteiger charge is -2.09. The number of ether oxygens (including phenoxy) is 1. The highest BCUT2D eigenvalue weighted by atomic mass is 16.6. The van der Waals surface area contributed by atoms with Crippen molar-refractivity contribution in [2.24, 2.45) is 0 Å². The molecule has 0 aliphatic rings. The second-order valence-electron chi connectivity index (χ2n) is 5.93. The van der Waals surface area contributed by atoms with Gasteiger partial charge < -0.3 is 4.74 Å². The number of non-ortho nitro benzene ring substituents is 1. The molecule has 0 saturated heterocycles. The fourth-order valence-electron chi connectivity index (χ4n) is 2.74. The van der Waals surface area contributed by atoms with Crippen LogP contribution in [-0.2, 0) is 4.74 Å². The van der Waals surface area contributed by atoms with Gasteiger partial charge in [-0.1, -0.05) is 23.8 Å². The minimum atomic E-state index is -0.572. The number of fused-ring (bicyclic) bond motifs is 1. The molecule has 0 saturated carbocycles. The van der Waals surface area contributed by atoms with Gasteiger partial charge in [0.2, 0.25) is 5.78 Å². The predicted octanol–water partition coefficient (Wildman–Crippen LogP) is 3.86. The largest absolute Gasteiger partial charge is 0.462 e. The number of nitrogens with zero attached hydrogens (tertiary/aromatic N) is 2. The maximum absolute atomic E-state index is 12.8. The Hall–Kier alpha value is -3.61. The van der Waals surface area contributed by atoms with Gasteiger partial charge in [-0.15, -0.1) is 0 Å². The molecule has 0 atom stereocenters. The average molecular weight is 364 g/mol. The van der Waals surface area contributed by atoms with Gasteiger partial charge in [-0.3, -0.25) is 14.9 Å². The fourth-order valence-corrected chi connectivity index (χ4v) is 2.74. The molecule has 0 fully saturated rings. The number of ketones is 1. The summed E-state index contributed by atoms with van der Waals surface area (Å²) in [4.78, 5) is 39.9. The average Bonchev–Trinajstić information content (AvgIpc) is 2.66. The highest BCUT2D eigenvalue weighted by molar-refractivity contribution is 6.12. The van der Waals surface area contributed by atoms with Gasteiger partial charge >= 0.3 is 5.97 Å². The summed E-state index contributed by atoms with van der Waals surface area (Å²) in [5, 5.41) is 11.5. The first-order chi connectivity index (χ1) is 12.9. The van der Waals surface area contributed by atoms with Crippen molar-refractivity contribution in [2.75, 3.05) is 6.61 Å². The third kappa shape index (κ3) is 3.67. The second kappa shape index (κ2) is 7.33. The number of aromatic nitrogens is 1. The van der Waals surface area contributed by atoms with E-state index in [1.807, 2.05) is 13.0 Å². The highest BCUT2D eigenvalue weighted by Crippen LogP contribution is 2.23. The molecule has 0 radical (unpaired) electrons. The molecule has 7 nitrogen and oxygen atoms in total. The van der Waals surface area contributed by atoms with Crippen LogP contribution in [0.1, 0.15) is 38.9 Å². The molecule has 0 bridgehead atoms. The number of nitro groups is 1. The summed E-state index contributed by atoms with van der Waals surface area (Å²) in [6.45, 7) is 3.78. The number of carbonyl (C=O) groups is 2. The van der Waals surface area contributed by atoms with Crippen molar-refractivity contribution in [3.05, 3.63) is 81.0 Å². The zero-order chi connectivity index (χ0) is 19.6. The SMILES string of the molecule is CCOC(=O)c1cc(C(=O)c2cccc([N+](=O)[O-])c2)nc2ccc(C)cc12. The van der Waals surface area contributed by atoms with E-state index in [-0.39, 0.29) is 29.1 Å². The quantitative estimate of drug-likeness (QED) is 0.295. The van der Waals surface area contributed by atoms with E-state index in [1.165, 1.54) is 30.3 Å². The van der Waals surface area contributed by atoms with Crippen molar-refractivity contribution in [1.82, 2.24) is 4.98 Å². The Bertz CT molecular complexity index is 1080. The summed E-state index contributed by atoms with van der Waals surface area (Å²) >= 11 is 0. The summed E-state index contributed by atoms with van der Waals surface area (Å²) in [5.41, 5.74) is 1.60. The Balaban J connectivity index is 2.15. The van der Waals surface area contributed by atoms with Crippen molar-refractivity contribution in [3.63, 3.8) is 0 Å². The van der Waals surface area contributed by atoms with E-state index in [4.69, 9.17) is 4.74 Å². The van der Waals surface area contributed by atoms with Crippen LogP contribution in [0.25, 0.3) is 10.9 Å². The van der Waals surface area contributed by atoms with Crippen LogP contribution in [0.15, 0.2) is 48.5 Å². The number of rotatable bonds is 5. The molecule has 0 aliphatic heterocycles. The van der Waals surface area contributed by atoms with Crippen molar-refractivity contribution >= 4 is 28.3 Å². The molecule has 0 N–H and O–H groups in total. The van der Waals surface area contributed by atoms with Crippen LogP contribution in [0.2, 0.25) is 0 Å². The molecule has 1 heterocycles. The van der Waals surface area contributed by atoms with Crippen LogP contribution in [0.5, 0.6) is 0 Å². The first-order valence-corrected chi connectivity index (χ1v) is 8.28. The van der Waals surface area contributed by atoms with E-state index in [9.17, 15) is 19.7 Å². The normalized spacial score (nSPS) is 10.6. The summed E-state index contributed by atoms with van der Waals surface area (Å²) in [5.74, 6) is -1.06. The van der Waals surface area contributed by atoms with Gasteiger partial charge in [0.25, 0.3) is 5.69 Å². The molecule has 3 aromatic rings. The summed E-state index contributed by atoms with van der Waals surface area (Å²) in [6, 6.07) is 12.1. The topological polar surface area (TPSA) is 99.4 Å². The molecule has 0 spiro atoms. The Labute approximate surface area is 154 Å². The van der Waals surface area contributed by atoms with Gasteiger partial charge in [-0.25, -0.2) is 9.78 Å². The zero-order valence-corrected chi connectivity index (χ0v) is 14.8. The lowest BCUT2D eigenvalue weighted by Crippen LogP contribution is -2.11. The van der Waals surface area contributed by atoms with Crippen LogP contribution < -0.4 is 0 Å². The molecule has 0 unspecified atom stereocenters. The van der Waals surface area contributed by atoms with Gasteiger partial charge in [-0.05, 0) is 32.0 Å². The standard InChI is InChI=1S/C20H16N2O5/c1-3-27-20(24)16-11-18(21-17-8-7-12(2)9-15(16)17)19(23)13-5-4-6-14(10-13)22(25)26/h4-11H,3H2,1-2H3. The van der Waals surface area contributed by atoms with Gasteiger partial charge in [0.15, 0.2) is 0 Å². The number of carbonyl (C=O) groups excluding carboxylic acids is 2. The second-order valence-corrected chi connectivity index (χ2v) is 5.93. The Morgan fingerprint density at radius 3 is 2.63 bits per heavy atom. The van der Waals surface area contributed by atoms with Gasteiger partial charge in [-0.2, -0.15) is 0 Å². The number of benzene rings is 2. The van der Waals surface area contributed by atoms with Crippen molar-refractivity contribution in [2.45, 2.75) is 13.8 Å². The van der Waals surface area contributed by atoms with Crippen LogP contribution in [0.3, 0.4) is 0 Å². The summed E-state index contributed by atoms with van der Waals surface area (Å²) in [7, 11) is 0. The van der Waals surface area contributed by atoms with E-state index in [0.29, 0.717) is 10.9 Å². The first kappa shape index (κ1) is 18.2. The minimum Gasteiger partial charge on any atom is -0.462 e. The summed E-state index contributed by atoms with van der Waals surface area (Å²) in [6.07, 6.45) is 0. The Morgan fingerprint density at radius 1 is 1.15 bits per heavy atom. The van der Waals surface area contributed by atoms with Crippen LogP contribution in [0.4, 0.5) is 5.69 Å². The van der Waals surface area contributed by atoms with E-state index in [2.05, 4.69) is 4.98 Å².